The van der Waals surface area contributed by atoms with Crippen LogP contribution >= 0.6 is 0 Å². The summed E-state index contributed by atoms with van der Waals surface area (Å²) in [4.78, 5) is 7.30. The molecule has 2 bridgehead atoms. The van der Waals surface area contributed by atoms with Crippen LogP contribution in [0.1, 0.15) is 12.2 Å². The van der Waals surface area contributed by atoms with Crippen molar-refractivity contribution >= 4 is 26.7 Å². The first-order valence-corrected chi connectivity index (χ1v) is 10.3. The lowest BCUT2D eigenvalue weighted by Crippen LogP contribution is -2.43. The Kier molecular flexibility index (Phi) is 3.39. The number of rotatable bonds is 3. The molecule has 2 fully saturated rings. The maximum atomic E-state index is 13.2. The number of fused-ring (bicyclic) bond motifs is 3. The second-order valence-corrected chi connectivity index (χ2v) is 8.82. The predicted octanol–water partition coefficient (Wildman–Crippen LogP) is 2.13. The number of nitrogens with one attached hydrogen (secondary N) is 1. The highest BCUT2D eigenvalue weighted by molar-refractivity contribution is 7.90. The topological polar surface area (TPSA) is 67.2 Å². The van der Waals surface area contributed by atoms with E-state index in [-0.39, 0.29) is 4.90 Å². The minimum absolute atomic E-state index is 0.275. The van der Waals surface area contributed by atoms with Gasteiger partial charge in [-0.3, -0.25) is 0 Å². The van der Waals surface area contributed by atoms with Gasteiger partial charge in [-0.2, -0.15) is 0 Å². The molecular weight excluding hydrogens is 348 g/mol. The third kappa shape index (κ3) is 2.20. The molecule has 0 amide bonds. The molecule has 1 aromatic heterocycles. The van der Waals surface area contributed by atoms with Gasteiger partial charge in [-0.1, -0.05) is 24.3 Å². The Hall–Kier alpha value is -2.38. The summed E-state index contributed by atoms with van der Waals surface area (Å²) in [5, 5.41) is 3.50. The van der Waals surface area contributed by atoms with E-state index in [2.05, 4.69) is 21.3 Å². The third-order valence-electron chi connectivity index (χ3n) is 5.43. The first-order valence-electron chi connectivity index (χ1n) is 8.84. The Morgan fingerprint density at radius 1 is 1.12 bits per heavy atom. The van der Waals surface area contributed by atoms with Crippen molar-refractivity contribution in [3.05, 3.63) is 54.4 Å². The third-order valence-corrected chi connectivity index (χ3v) is 7.24. The Balaban J connectivity index is 1.69. The number of piperazine rings is 1. The van der Waals surface area contributed by atoms with Crippen molar-refractivity contribution < 1.29 is 8.42 Å². The smallest absolute Gasteiger partial charge is 0.269 e. The minimum Gasteiger partial charge on any atom is -0.364 e. The molecule has 0 aliphatic carbocycles. The lowest BCUT2D eigenvalue weighted by molar-refractivity contribution is 0.581. The number of nitrogens with zero attached hydrogens (tertiary/aromatic N) is 3. The van der Waals surface area contributed by atoms with E-state index in [0.29, 0.717) is 23.4 Å². The standard InChI is InChI=1S/C19H20N4O2S/c1-13-21-19-17(22-12-14-10-15(22)11-20-14)8-5-9-18(19)23(13)26(24,25)16-6-3-2-4-7-16/h2-9,14-15,20H,10-12H2,1H3/t14-,15-/m0/s1. The lowest BCUT2D eigenvalue weighted by Gasteiger charge is -2.29. The first-order chi connectivity index (χ1) is 12.6. The number of hydrogen-bond acceptors (Lipinski definition) is 5. The van der Waals surface area contributed by atoms with Crippen molar-refractivity contribution in [1.82, 2.24) is 14.3 Å². The van der Waals surface area contributed by atoms with Crippen molar-refractivity contribution in [2.75, 3.05) is 18.0 Å². The zero-order valence-electron chi connectivity index (χ0n) is 14.5. The Morgan fingerprint density at radius 2 is 1.92 bits per heavy atom. The number of aryl methyl sites for hydroxylation is 1. The molecule has 5 rings (SSSR count). The van der Waals surface area contributed by atoms with Crippen LogP contribution in [0.4, 0.5) is 5.69 Å². The quantitative estimate of drug-likeness (QED) is 0.767. The average molecular weight is 368 g/mol. The summed E-state index contributed by atoms with van der Waals surface area (Å²) in [5.41, 5.74) is 2.43. The van der Waals surface area contributed by atoms with Gasteiger partial charge in [0.05, 0.1) is 16.1 Å². The SMILES string of the molecule is Cc1nc2c(N3C[C@@H]4C[C@H]3CN4)cccc2n1S(=O)(=O)c1ccccc1. The summed E-state index contributed by atoms with van der Waals surface area (Å²) < 4.78 is 27.7. The number of anilines is 1. The number of imidazole rings is 1. The highest BCUT2D eigenvalue weighted by Crippen LogP contribution is 2.35. The van der Waals surface area contributed by atoms with E-state index in [1.54, 1.807) is 31.2 Å². The lowest BCUT2D eigenvalue weighted by atomic mass is 10.2. The Morgan fingerprint density at radius 3 is 2.62 bits per heavy atom. The maximum Gasteiger partial charge on any atom is 0.269 e. The van der Waals surface area contributed by atoms with Gasteiger partial charge >= 0.3 is 0 Å². The van der Waals surface area contributed by atoms with Crippen molar-refractivity contribution in [2.45, 2.75) is 30.3 Å². The van der Waals surface area contributed by atoms with Crippen molar-refractivity contribution in [3.63, 3.8) is 0 Å². The zero-order valence-corrected chi connectivity index (χ0v) is 15.3. The summed E-state index contributed by atoms with van der Waals surface area (Å²) in [7, 11) is -3.68. The molecule has 134 valence electrons. The van der Waals surface area contributed by atoms with Gasteiger partial charge in [-0.25, -0.2) is 17.4 Å². The molecule has 3 aromatic rings. The summed E-state index contributed by atoms with van der Waals surface area (Å²) in [5.74, 6) is 0.485. The highest BCUT2D eigenvalue weighted by atomic mass is 32.2. The van der Waals surface area contributed by atoms with E-state index < -0.39 is 10.0 Å². The molecule has 2 aliphatic heterocycles. The average Bonchev–Trinajstić information content (AvgIpc) is 3.35. The molecule has 3 heterocycles. The van der Waals surface area contributed by atoms with E-state index in [1.807, 2.05) is 18.2 Å². The molecule has 1 N–H and O–H groups in total. The van der Waals surface area contributed by atoms with Crippen LogP contribution < -0.4 is 10.2 Å². The molecule has 0 saturated carbocycles. The van der Waals surface area contributed by atoms with Gasteiger partial charge in [0.2, 0.25) is 0 Å². The molecule has 26 heavy (non-hydrogen) atoms. The van der Waals surface area contributed by atoms with E-state index in [1.165, 1.54) is 3.97 Å². The molecule has 2 aliphatic rings. The summed E-state index contributed by atoms with van der Waals surface area (Å²) >= 11 is 0. The number of hydrogen-bond donors (Lipinski definition) is 1. The van der Waals surface area contributed by atoms with Gasteiger partial charge in [0, 0.05) is 25.2 Å². The van der Waals surface area contributed by atoms with Crippen molar-refractivity contribution in [1.29, 1.82) is 0 Å². The van der Waals surface area contributed by atoms with E-state index in [0.717, 1.165) is 30.7 Å². The summed E-state index contributed by atoms with van der Waals surface area (Å²) in [6.07, 6.45) is 1.14. The molecule has 7 heteroatoms. The van der Waals surface area contributed by atoms with Crippen LogP contribution in [0.25, 0.3) is 11.0 Å². The van der Waals surface area contributed by atoms with Gasteiger partial charge in [0.25, 0.3) is 10.0 Å². The Labute approximate surface area is 152 Å². The van der Waals surface area contributed by atoms with Crippen LogP contribution in [0.2, 0.25) is 0 Å². The number of aromatic nitrogens is 2. The summed E-state index contributed by atoms with van der Waals surface area (Å²) in [6.45, 7) is 3.67. The molecule has 0 radical (unpaired) electrons. The van der Waals surface area contributed by atoms with Crippen LogP contribution in [0, 0.1) is 6.92 Å². The largest absolute Gasteiger partial charge is 0.364 e. The fourth-order valence-corrected chi connectivity index (χ4v) is 5.78. The van der Waals surface area contributed by atoms with Crippen LogP contribution in [-0.4, -0.2) is 42.5 Å². The number of benzene rings is 2. The minimum atomic E-state index is -3.68. The monoisotopic (exact) mass is 368 g/mol. The van der Waals surface area contributed by atoms with Gasteiger partial charge in [-0.05, 0) is 37.6 Å². The van der Waals surface area contributed by atoms with Crippen LogP contribution in [0.5, 0.6) is 0 Å². The molecule has 2 atom stereocenters. The number of para-hydroxylation sites is 1. The first kappa shape index (κ1) is 15.8. The van der Waals surface area contributed by atoms with Crippen LogP contribution in [0.3, 0.4) is 0 Å². The second kappa shape index (κ2) is 5.56. The molecule has 2 aromatic carbocycles. The second-order valence-electron chi connectivity index (χ2n) is 7.03. The zero-order chi connectivity index (χ0) is 17.9. The molecule has 0 spiro atoms. The van der Waals surface area contributed by atoms with Crippen LogP contribution in [-0.2, 0) is 10.0 Å². The molecular formula is C19H20N4O2S. The highest BCUT2D eigenvalue weighted by Gasteiger charge is 2.38. The normalized spacial score (nSPS) is 22.4. The van der Waals surface area contributed by atoms with Gasteiger partial charge < -0.3 is 10.2 Å². The van der Waals surface area contributed by atoms with Gasteiger partial charge in [0.15, 0.2) is 0 Å². The fourth-order valence-electron chi connectivity index (χ4n) is 4.27. The fraction of sp³-hybridized carbons (Fsp3) is 0.316. The Bertz CT molecular complexity index is 1090. The maximum absolute atomic E-state index is 13.2. The van der Waals surface area contributed by atoms with E-state index >= 15 is 0 Å². The summed E-state index contributed by atoms with van der Waals surface area (Å²) in [6, 6.07) is 15.3. The van der Waals surface area contributed by atoms with Gasteiger partial charge in [-0.15, -0.1) is 0 Å². The van der Waals surface area contributed by atoms with E-state index in [4.69, 9.17) is 0 Å². The van der Waals surface area contributed by atoms with Crippen LogP contribution in [0.15, 0.2) is 53.4 Å². The molecule has 6 nitrogen and oxygen atoms in total. The molecule has 0 unspecified atom stereocenters. The van der Waals surface area contributed by atoms with Crippen molar-refractivity contribution in [3.8, 4) is 0 Å². The van der Waals surface area contributed by atoms with Gasteiger partial charge in [0.1, 0.15) is 11.3 Å². The predicted molar refractivity (Wildman–Crippen MR) is 101 cm³/mol. The van der Waals surface area contributed by atoms with E-state index in [9.17, 15) is 8.42 Å². The molecule has 2 saturated heterocycles. The van der Waals surface area contributed by atoms with Crippen molar-refractivity contribution in [2.24, 2.45) is 0 Å².